The predicted molar refractivity (Wildman–Crippen MR) is 95.6 cm³/mol. The van der Waals surface area contributed by atoms with Gasteiger partial charge in [-0.25, -0.2) is 0 Å². The molecular weight excluding hydrogens is 370 g/mol. The Labute approximate surface area is 148 Å². The fourth-order valence-electron chi connectivity index (χ4n) is 2.25. The number of amides is 1. The largest absolute Gasteiger partial charge is 0.339 e. The standard InChI is InChI=1S/C18H16BrN3O2/c1-12-5-4-6-13(11-12)18-21-17(24-22-18)10-9-16(23)20-15-8-3-2-7-14(15)19/h2-8,11H,9-10H2,1H3,(H,20,23). The first-order chi connectivity index (χ1) is 11.6. The number of aromatic nitrogens is 2. The molecule has 5 nitrogen and oxygen atoms in total. The highest BCUT2D eigenvalue weighted by Gasteiger charge is 2.11. The quantitative estimate of drug-likeness (QED) is 0.707. The van der Waals surface area contributed by atoms with E-state index in [0.29, 0.717) is 18.1 Å². The molecule has 6 heteroatoms. The van der Waals surface area contributed by atoms with Crippen molar-refractivity contribution in [2.24, 2.45) is 0 Å². The van der Waals surface area contributed by atoms with Crippen molar-refractivity contribution in [2.75, 3.05) is 5.32 Å². The van der Waals surface area contributed by atoms with E-state index < -0.39 is 0 Å². The van der Waals surface area contributed by atoms with Crippen molar-refractivity contribution < 1.29 is 9.32 Å². The summed E-state index contributed by atoms with van der Waals surface area (Å²) in [5, 5.41) is 6.83. The van der Waals surface area contributed by atoms with Crippen LogP contribution in [0.3, 0.4) is 0 Å². The highest BCUT2D eigenvalue weighted by molar-refractivity contribution is 9.10. The summed E-state index contributed by atoms with van der Waals surface area (Å²) in [5.74, 6) is 0.894. The summed E-state index contributed by atoms with van der Waals surface area (Å²) in [7, 11) is 0. The number of anilines is 1. The average Bonchev–Trinajstić information content (AvgIpc) is 3.04. The van der Waals surface area contributed by atoms with Crippen LogP contribution in [0.15, 0.2) is 57.5 Å². The van der Waals surface area contributed by atoms with Gasteiger partial charge in [-0.3, -0.25) is 4.79 Å². The Bertz CT molecular complexity index is 861. The molecule has 1 heterocycles. The van der Waals surface area contributed by atoms with E-state index in [-0.39, 0.29) is 12.3 Å². The lowest BCUT2D eigenvalue weighted by Gasteiger charge is -2.05. The molecule has 1 N–H and O–H groups in total. The van der Waals surface area contributed by atoms with Crippen LogP contribution in [0.25, 0.3) is 11.4 Å². The van der Waals surface area contributed by atoms with E-state index in [1.807, 2.05) is 55.5 Å². The molecule has 3 rings (SSSR count). The molecule has 0 unspecified atom stereocenters. The summed E-state index contributed by atoms with van der Waals surface area (Å²) in [6.07, 6.45) is 0.673. The number of aryl methyl sites for hydroxylation is 2. The number of carbonyl (C=O) groups is 1. The van der Waals surface area contributed by atoms with Crippen molar-refractivity contribution in [3.8, 4) is 11.4 Å². The summed E-state index contributed by atoms with van der Waals surface area (Å²) in [6, 6.07) is 15.4. The fraction of sp³-hybridized carbons (Fsp3) is 0.167. The number of benzene rings is 2. The maximum Gasteiger partial charge on any atom is 0.227 e. The van der Waals surface area contributed by atoms with E-state index in [0.717, 1.165) is 21.3 Å². The fourth-order valence-corrected chi connectivity index (χ4v) is 2.64. The first-order valence-electron chi connectivity index (χ1n) is 7.56. The van der Waals surface area contributed by atoms with E-state index in [9.17, 15) is 4.79 Å². The third kappa shape index (κ3) is 4.08. The number of nitrogens with one attached hydrogen (secondary N) is 1. The van der Waals surface area contributed by atoms with Gasteiger partial charge in [-0.15, -0.1) is 0 Å². The lowest BCUT2D eigenvalue weighted by molar-refractivity contribution is -0.116. The van der Waals surface area contributed by atoms with Gasteiger partial charge in [0.2, 0.25) is 17.6 Å². The van der Waals surface area contributed by atoms with Crippen LogP contribution in [0.1, 0.15) is 17.9 Å². The zero-order valence-corrected chi connectivity index (χ0v) is 14.7. The van der Waals surface area contributed by atoms with Crippen LogP contribution in [0.5, 0.6) is 0 Å². The molecule has 0 radical (unpaired) electrons. The SMILES string of the molecule is Cc1cccc(-c2noc(CCC(=O)Nc3ccccc3Br)n2)c1. The van der Waals surface area contributed by atoms with Crippen molar-refractivity contribution in [3.63, 3.8) is 0 Å². The molecule has 0 bridgehead atoms. The highest BCUT2D eigenvalue weighted by Crippen LogP contribution is 2.21. The Morgan fingerprint density at radius 3 is 2.83 bits per heavy atom. The first-order valence-corrected chi connectivity index (χ1v) is 8.35. The molecular formula is C18H16BrN3O2. The summed E-state index contributed by atoms with van der Waals surface area (Å²) < 4.78 is 6.08. The van der Waals surface area contributed by atoms with E-state index in [4.69, 9.17) is 4.52 Å². The van der Waals surface area contributed by atoms with Crippen LogP contribution in [-0.2, 0) is 11.2 Å². The maximum atomic E-state index is 12.0. The molecule has 0 aliphatic heterocycles. The van der Waals surface area contributed by atoms with Crippen molar-refractivity contribution in [1.29, 1.82) is 0 Å². The monoisotopic (exact) mass is 385 g/mol. The molecule has 1 aromatic heterocycles. The maximum absolute atomic E-state index is 12.0. The number of halogens is 1. The zero-order valence-electron chi connectivity index (χ0n) is 13.1. The normalized spacial score (nSPS) is 10.6. The molecule has 3 aromatic rings. The molecule has 0 spiro atoms. The zero-order chi connectivity index (χ0) is 16.9. The molecule has 0 aliphatic rings. The third-order valence-corrected chi connectivity index (χ3v) is 4.15. The molecule has 122 valence electrons. The van der Waals surface area contributed by atoms with Gasteiger partial charge in [0.05, 0.1) is 5.69 Å². The molecule has 0 atom stereocenters. The van der Waals surface area contributed by atoms with Gasteiger partial charge in [0.25, 0.3) is 0 Å². The summed E-state index contributed by atoms with van der Waals surface area (Å²) >= 11 is 3.40. The number of carbonyl (C=O) groups excluding carboxylic acids is 1. The molecule has 0 saturated heterocycles. The van der Waals surface area contributed by atoms with E-state index in [1.54, 1.807) is 0 Å². The Kier molecular flexibility index (Phi) is 5.05. The van der Waals surface area contributed by atoms with Gasteiger partial charge >= 0.3 is 0 Å². The van der Waals surface area contributed by atoms with Crippen LogP contribution >= 0.6 is 15.9 Å². The number of rotatable bonds is 5. The second kappa shape index (κ2) is 7.40. The second-order valence-electron chi connectivity index (χ2n) is 5.41. The minimum atomic E-state index is -0.0998. The minimum absolute atomic E-state index is 0.0998. The first kappa shape index (κ1) is 16.4. The highest BCUT2D eigenvalue weighted by atomic mass is 79.9. The van der Waals surface area contributed by atoms with Gasteiger partial charge in [0.1, 0.15) is 0 Å². The smallest absolute Gasteiger partial charge is 0.227 e. The molecule has 24 heavy (non-hydrogen) atoms. The molecule has 0 aliphatic carbocycles. The third-order valence-electron chi connectivity index (χ3n) is 3.46. The Balaban J connectivity index is 1.59. The number of hydrogen-bond acceptors (Lipinski definition) is 4. The Morgan fingerprint density at radius 1 is 1.21 bits per heavy atom. The molecule has 2 aromatic carbocycles. The van der Waals surface area contributed by atoms with E-state index in [1.165, 1.54) is 0 Å². The Morgan fingerprint density at radius 2 is 2.04 bits per heavy atom. The Hall–Kier alpha value is -2.47. The summed E-state index contributed by atoms with van der Waals surface area (Å²) in [6.45, 7) is 2.01. The number of nitrogens with zero attached hydrogens (tertiary/aromatic N) is 2. The van der Waals surface area contributed by atoms with Gasteiger partial charge in [0.15, 0.2) is 0 Å². The number of para-hydroxylation sites is 1. The minimum Gasteiger partial charge on any atom is -0.339 e. The predicted octanol–water partition coefficient (Wildman–Crippen LogP) is 4.38. The van der Waals surface area contributed by atoms with Crippen LogP contribution in [0.4, 0.5) is 5.69 Å². The second-order valence-corrected chi connectivity index (χ2v) is 6.26. The van der Waals surface area contributed by atoms with Crippen LogP contribution in [-0.4, -0.2) is 16.0 Å². The van der Waals surface area contributed by atoms with Crippen molar-refractivity contribution in [1.82, 2.24) is 10.1 Å². The summed E-state index contributed by atoms with van der Waals surface area (Å²) in [5.41, 5.74) is 2.78. The van der Waals surface area contributed by atoms with Gasteiger partial charge in [-0.05, 0) is 41.1 Å². The molecule has 0 fully saturated rings. The van der Waals surface area contributed by atoms with Gasteiger partial charge in [0, 0.05) is 22.9 Å². The van der Waals surface area contributed by atoms with Crippen molar-refractivity contribution >= 4 is 27.5 Å². The lowest BCUT2D eigenvalue weighted by Crippen LogP contribution is -2.12. The van der Waals surface area contributed by atoms with Crippen molar-refractivity contribution in [2.45, 2.75) is 19.8 Å². The van der Waals surface area contributed by atoms with Crippen molar-refractivity contribution in [3.05, 3.63) is 64.5 Å². The van der Waals surface area contributed by atoms with Crippen LogP contribution < -0.4 is 5.32 Å². The topological polar surface area (TPSA) is 68.0 Å². The van der Waals surface area contributed by atoms with Crippen LogP contribution in [0, 0.1) is 6.92 Å². The molecule has 1 amide bonds. The van der Waals surface area contributed by atoms with E-state index >= 15 is 0 Å². The van der Waals surface area contributed by atoms with Gasteiger partial charge in [-0.2, -0.15) is 4.98 Å². The number of hydrogen-bond donors (Lipinski definition) is 1. The van der Waals surface area contributed by atoms with Gasteiger partial charge in [-0.1, -0.05) is 41.1 Å². The molecule has 0 saturated carbocycles. The average molecular weight is 386 g/mol. The van der Waals surface area contributed by atoms with E-state index in [2.05, 4.69) is 31.4 Å². The van der Waals surface area contributed by atoms with Crippen LogP contribution in [0.2, 0.25) is 0 Å². The van der Waals surface area contributed by atoms with Gasteiger partial charge < -0.3 is 9.84 Å². The lowest BCUT2D eigenvalue weighted by atomic mass is 10.1. The summed E-state index contributed by atoms with van der Waals surface area (Å²) in [4.78, 5) is 16.4.